The first kappa shape index (κ1) is 11.4. The van der Waals surface area contributed by atoms with Gasteiger partial charge in [-0.1, -0.05) is 12.1 Å². The summed E-state index contributed by atoms with van der Waals surface area (Å²) in [5.41, 5.74) is 6.80. The van der Waals surface area contributed by atoms with E-state index in [1.807, 2.05) is 12.1 Å². The van der Waals surface area contributed by atoms with Crippen LogP contribution in [0.3, 0.4) is 0 Å². The van der Waals surface area contributed by atoms with Gasteiger partial charge in [0.05, 0.1) is 12.7 Å². The SMILES string of the molecule is NCC1CN(Cc2ccc(O)cc2)CCO1. The summed E-state index contributed by atoms with van der Waals surface area (Å²) in [5, 5.41) is 9.19. The van der Waals surface area contributed by atoms with Gasteiger partial charge < -0.3 is 15.6 Å². The lowest BCUT2D eigenvalue weighted by Crippen LogP contribution is -2.45. The van der Waals surface area contributed by atoms with Crippen LogP contribution in [0.15, 0.2) is 24.3 Å². The predicted octanol–water partition coefficient (Wildman–Crippen LogP) is 0.552. The summed E-state index contributed by atoms with van der Waals surface area (Å²) in [6.45, 7) is 4.04. The van der Waals surface area contributed by atoms with Crippen LogP contribution in [0.5, 0.6) is 5.75 Å². The maximum absolute atomic E-state index is 9.19. The topological polar surface area (TPSA) is 58.7 Å². The highest BCUT2D eigenvalue weighted by Gasteiger charge is 2.18. The number of hydrogen-bond donors (Lipinski definition) is 2. The lowest BCUT2D eigenvalue weighted by atomic mass is 10.2. The largest absolute Gasteiger partial charge is 0.508 e. The third-order valence-corrected chi connectivity index (χ3v) is 2.83. The number of aromatic hydroxyl groups is 1. The van der Waals surface area contributed by atoms with E-state index in [0.717, 1.165) is 26.2 Å². The molecular weight excluding hydrogens is 204 g/mol. The molecule has 1 unspecified atom stereocenters. The summed E-state index contributed by atoms with van der Waals surface area (Å²) < 4.78 is 5.51. The molecule has 2 rings (SSSR count). The molecule has 88 valence electrons. The Labute approximate surface area is 95.6 Å². The highest BCUT2D eigenvalue weighted by atomic mass is 16.5. The van der Waals surface area contributed by atoms with Crippen molar-refractivity contribution in [2.75, 3.05) is 26.2 Å². The highest BCUT2D eigenvalue weighted by molar-refractivity contribution is 5.25. The monoisotopic (exact) mass is 222 g/mol. The minimum Gasteiger partial charge on any atom is -0.508 e. The maximum atomic E-state index is 9.19. The van der Waals surface area contributed by atoms with Gasteiger partial charge in [0, 0.05) is 26.2 Å². The second-order valence-electron chi connectivity index (χ2n) is 4.13. The van der Waals surface area contributed by atoms with Crippen molar-refractivity contribution in [3.8, 4) is 5.75 Å². The van der Waals surface area contributed by atoms with Crippen molar-refractivity contribution in [1.29, 1.82) is 0 Å². The molecular formula is C12H18N2O2. The molecule has 4 nitrogen and oxygen atoms in total. The quantitative estimate of drug-likeness (QED) is 0.784. The molecule has 16 heavy (non-hydrogen) atoms. The van der Waals surface area contributed by atoms with Crippen LogP contribution in [0.2, 0.25) is 0 Å². The smallest absolute Gasteiger partial charge is 0.115 e. The van der Waals surface area contributed by atoms with E-state index >= 15 is 0 Å². The van der Waals surface area contributed by atoms with E-state index in [1.54, 1.807) is 12.1 Å². The number of ether oxygens (including phenoxy) is 1. The fraction of sp³-hybridized carbons (Fsp3) is 0.500. The Bertz CT molecular complexity index is 326. The van der Waals surface area contributed by atoms with Crippen molar-refractivity contribution in [3.05, 3.63) is 29.8 Å². The lowest BCUT2D eigenvalue weighted by molar-refractivity contribution is -0.0260. The molecule has 0 aromatic heterocycles. The lowest BCUT2D eigenvalue weighted by Gasteiger charge is -2.32. The minimum absolute atomic E-state index is 0.158. The number of hydrogen-bond acceptors (Lipinski definition) is 4. The highest BCUT2D eigenvalue weighted by Crippen LogP contribution is 2.13. The number of phenolic OH excluding ortho intramolecular Hbond substituents is 1. The number of rotatable bonds is 3. The minimum atomic E-state index is 0.158. The van der Waals surface area contributed by atoms with Crippen molar-refractivity contribution in [2.24, 2.45) is 5.73 Å². The number of nitrogens with two attached hydrogens (primary N) is 1. The average molecular weight is 222 g/mol. The molecule has 1 aromatic rings. The van der Waals surface area contributed by atoms with Crippen LogP contribution in [0.4, 0.5) is 0 Å². The van der Waals surface area contributed by atoms with E-state index in [-0.39, 0.29) is 6.10 Å². The molecule has 1 aromatic carbocycles. The van der Waals surface area contributed by atoms with Gasteiger partial charge in [0.2, 0.25) is 0 Å². The van der Waals surface area contributed by atoms with Crippen molar-refractivity contribution < 1.29 is 9.84 Å². The molecule has 1 heterocycles. The molecule has 3 N–H and O–H groups in total. The first-order valence-electron chi connectivity index (χ1n) is 5.60. The summed E-state index contributed by atoms with van der Waals surface area (Å²) >= 11 is 0. The van der Waals surface area contributed by atoms with Gasteiger partial charge >= 0.3 is 0 Å². The van der Waals surface area contributed by atoms with E-state index in [9.17, 15) is 5.11 Å². The molecule has 0 radical (unpaired) electrons. The van der Waals surface area contributed by atoms with Crippen molar-refractivity contribution in [1.82, 2.24) is 4.90 Å². The van der Waals surface area contributed by atoms with Gasteiger partial charge in [-0.05, 0) is 17.7 Å². The first-order valence-corrected chi connectivity index (χ1v) is 5.60. The number of benzene rings is 1. The average Bonchev–Trinajstić information content (AvgIpc) is 2.32. The number of morpholine rings is 1. The van der Waals surface area contributed by atoms with Crippen LogP contribution in [0.25, 0.3) is 0 Å². The van der Waals surface area contributed by atoms with Gasteiger partial charge in [-0.15, -0.1) is 0 Å². The summed E-state index contributed by atoms with van der Waals surface area (Å²) in [6, 6.07) is 7.33. The van der Waals surface area contributed by atoms with Crippen LogP contribution >= 0.6 is 0 Å². The van der Waals surface area contributed by atoms with E-state index < -0.39 is 0 Å². The molecule has 0 saturated carbocycles. The van der Waals surface area contributed by atoms with Crippen molar-refractivity contribution in [3.63, 3.8) is 0 Å². The van der Waals surface area contributed by atoms with Gasteiger partial charge in [-0.3, -0.25) is 4.90 Å². The summed E-state index contributed by atoms with van der Waals surface area (Å²) in [5.74, 6) is 0.311. The maximum Gasteiger partial charge on any atom is 0.115 e. The number of phenols is 1. The zero-order valence-corrected chi connectivity index (χ0v) is 9.30. The van der Waals surface area contributed by atoms with Gasteiger partial charge in [0.15, 0.2) is 0 Å². The molecule has 1 fully saturated rings. The molecule has 1 saturated heterocycles. The molecule has 0 aliphatic carbocycles. The Hall–Kier alpha value is -1.10. The van der Waals surface area contributed by atoms with Gasteiger partial charge in [0.1, 0.15) is 5.75 Å². The fourth-order valence-corrected chi connectivity index (χ4v) is 1.93. The zero-order chi connectivity index (χ0) is 11.4. The standard InChI is InChI=1S/C12H18N2O2/c13-7-12-9-14(5-6-16-12)8-10-1-3-11(15)4-2-10/h1-4,12,15H,5-9,13H2. The van der Waals surface area contributed by atoms with Crippen LogP contribution in [0.1, 0.15) is 5.56 Å². The predicted molar refractivity (Wildman–Crippen MR) is 62.2 cm³/mol. The van der Waals surface area contributed by atoms with Gasteiger partial charge in [-0.25, -0.2) is 0 Å². The van der Waals surface area contributed by atoms with Crippen LogP contribution < -0.4 is 5.73 Å². The second kappa shape index (κ2) is 5.30. The fourth-order valence-electron chi connectivity index (χ4n) is 1.93. The summed E-state index contributed by atoms with van der Waals surface area (Å²) in [7, 11) is 0. The molecule has 4 heteroatoms. The molecule has 1 aliphatic heterocycles. The molecule has 0 bridgehead atoms. The van der Waals surface area contributed by atoms with E-state index in [1.165, 1.54) is 5.56 Å². The second-order valence-corrected chi connectivity index (χ2v) is 4.13. The summed E-state index contributed by atoms with van der Waals surface area (Å²) in [4.78, 5) is 2.33. The Kier molecular flexibility index (Phi) is 3.77. The number of nitrogens with zero attached hydrogens (tertiary/aromatic N) is 1. The molecule has 1 aliphatic rings. The van der Waals surface area contributed by atoms with Crippen molar-refractivity contribution >= 4 is 0 Å². The first-order chi connectivity index (χ1) is 7.78. The van der Waals surface area contributed by atoms with E-state index in [2.05, 4.69) is 4.90 Å². The Morgan fingerprint density at radius 1 is 1.38 bits per heavy atom. The van der Waals surface area contributed by atoms with E-state index in [0.29, 0.717) is 12.3 Å². The Balaban J connectivity index is 1.91. The Morgan fingerprint density at radius 2 is 2.12 bits per heavy atom. The summed E-state index contributed by atoms with van der Waals surface area (Å²) in [6.07, 6.45) is 0.158. The van der Waals surface area contributed by atoms with Crippen LogP contribution in [-0.4, -0.2) is 42.4 Å². The van der Waals surface area contributed by atoms with Gasteiger partial charge in [-0.2, -0.15) is 0 Å². The molecule has 1 atom stereocenters. The van der Waals surface area contributed by atoms with Crippen LogP contribution in [-0.2, 0) is 11.3 Å². The van der Waals surface area contributed by atoms with E-state index in [4.69, 9.17) is 10.5 Å². The molecule has 0 spiro atoms. The third kappa shape index (κ3) is 2.95. The molecule has 0 amide bonds. The van der Waals surface area contributed by atoms with Gasteiger partial charge in [0.25, 0.3) is 0 Å². The zero-order valence-electron chi connectivity index (χ0n) is 9.30. The van der Waals surface area contributed by atoms with Crippen LogP contribution in [0, 0.1) is 0 Å². The third-order valence-electron chi connectivity index (χ3n) is 2.83. The normalized spacial score (nSPS) is 22.2. The Morgan fingerprint density at radius 3 is 2.81 bits per heavy atom. The van der Waals surface area contributed by atoms with Crippen molar-refractivity contribution in [2.45, 2.75) is 12.6 Å².